The third kappa shape index (κ3) is 5.85. The zero-order chi connectivity index (χ0) is 16.5. The Morgan fingerprint density at radius 3 is 2.87 bits per heavy atom. The van der Waals surface area contributed by atoms with E-state index in [-0.39, 0.29) is 17.6 Å². The lowest BCUT2D eigenvalue weighted by molar-refractivity contribution is 0.140. The molecule has 0 radical (unpaired) electrons. The quantitative estimate of drug-likeness (QED) is 0.663. The lowest BCUT2D eigenvalue weighted by Gasteiger charge is -2.05. The zero-order valence-corrected chi connectivity index (χ0v) is 13.0. The highest BCUT2D eigenvalue weighted by atomic mass is 35.5. The molecule has 2 rings (SSSR count). The van der Waals surface area contributed by atoms with Crippen LogP contribution in [0.3, 0.4) is 0 Å². The summed E-state index contributed by atoms with van der Waals surface area (Å²) in [7, 11) is 0. The molecule has 0 aliphatic carbocycles. The van der Waals surface area contributed by atoms with Gasteiger partial charge >= 0.3 is 6.09 Å². The first kappa shape index (κ1) is 16.6. The summed E-state index contributed by atoms with van der Waals surface area (Å²) in [6.45, 7) is 0.593. The Kier molecular flexibility index (Phi) is 6.21. The van der Waals surface area contributed by atoms with Gasteiger partial charge in [-0.05, 0) is 11.5 Å². The third-order valence-electron chi connectivity index (χ3n) is 2.69. The number of anilines is 1. The topological polar surface area (TPSA) is 90.1 Å². The van der Waals surface area contributed by atoms with Crippen LogP contribution in [-0.2, 0) is 11.3 Å². The molecule has 3 N–H and O–H groups in total. The van der Waals surface area contributed by atoms with Crippen LogP contribution < -0.4 is 11.1 Å². The number of carbonyl (C=O) groups is 1. The fourth-order valence-electron chi connectivity index (χ4n) is 1.61. The highest BCUT2D eigenvalue weighted by Crippen LogP contribution is 2.09. The molecule has 23 heavy (non-hydrogen) atoms. The van der Waals surface area contributed by atoms with E-state index in [2.05, 4.69) is 27.1 Å². The van der Waals surface area contributed by atoms with Gasteiger partial charge in [0.15, 0.2) is 10.8 Å². The highest BCUT2D eigenvalue weighted by Gasteiger charge is 2.01. The van der Waals surface area contributed by atoms with Crippen LogP contribution in [0.25, 0.3) is 0 Å². The summed E-state index contributed by atoms with van der Waals surface area (Å²) in [5.41, 5.74) is 6.72. The average Bonchev–Trinajstić information content (AvgIpc) is 2.55. The number of alkyl carbamates (subject to hydrolysis) is 1. The number of aromatic nitrogens is 2. The van der Waals surface area contributed by atoms with Gasteiger partial charge in [-0.15, -0.1) is 0 Å². The first-order valence-electron chi connectivity index (χ1n) is 6.86. The van der Waals surface area contributed by atoms with E-state index < -0.39 is 6.09 Å². The molecule has 0 atom stereocenters. The molecule has 0 saturated carbocycles. The minimum absolute atomic E-state index is 0.160. The molecule has 7 heteroatoms. The summed E-state index contributed by atoms with van der Waals surface area (Å²) in [5.74, 6) is 5.85. The minimum atomic E-state index is -0.485. The number of rotatable bonds is 4. The maximum Gasteiger partial charge on any atom is 0.407 e. The number of nitrogens with one attached hydrogen (secondary N) is 1. The maximum absolute atomic E-state index is 11.5. The van der Waals surface area contributed by atoms with Crippen LogP contribution in [0.4, 0.5) is 10.6 Å². The third-order valence-corrected chi connectivity index (χ3v) is 2.95. The Morgan fingerprint density at radius 2 is 2.13 bits per heavy atom. The van der Waals surface area contributed by atoms with Crippen molar-refractivity contribution in [2.75, 3.05) is 12.3 Å². The lowest BCUT2D eigenvalue weighted by atomic mass is 10.2. The Balaban J connectivity index is 1.69. The van der Waals surface area contributed by atoms with Crippen molar-refractivity contribution >= 4 is 23.5 Å². The van der Waals surface area contributed by atoms with E-state index in [1.54, 1.807) is 0 Å². The van der Waals surface area contributed by atoms with Gasteiger partial charge in [0.05, 0.1) is 6.20 Å². The highest BCUT2D eigenvalue weighted by molar-refractivity contribution is 6.30. The number of nitrogens with zero attached hydrogens (tertiary/aromatic N) is 2. The van der Waals surface area contributed by atoms with Crippen LogP contribution in [0.5, 0.6) is 0 Å². The zero-order valence-electron chi connectivity index (χ0n) is 12.3. The molecule has 0 aliphatic rings. The molecule has 2 aromatic rings. The van der Waals surface area contributed by atoms with Crippen molar-refractivity contribution in [3.8, 4) is 11.8 Å². The van der Waals surface area contributed by atoms with Crippen molar-refractivity contribution in [3.05, 3.63) is 52.9 Å². The number of nitrogens with two attached hydrogens (primary N) is 1. The van der Waals surface area contributed by atoms with E-state index in [0.717, 1.165) is 5.56 Å². The monoisotopic (exact) mass is 330 g/mol. The smallest absolute Gasteiger partial charge is 0.407 e. The van der Waals surface area contributed by atoms with Gasteiger partial charge in [0.25, 0.3) is 0 Å². The van der Waals surface area contributed by atoms with Gasteiger partial charge in [-0.1, -0.05) is 47.9 Å². The minimum Gasteiger partial charge on any atom is -0.445 e. The van der Waals surface area contributed by atoms with Crippen LogP contribution in [0.1, 0.15) is 17.7 Å². The predicted molar refractivity (Wildman–Crippen MR) is 87.6 cm³/mol. The summed E-state index contributed by atoms with van der Waals surface area (Å²) in [4.78, 5) is 19.3. The van der Waals surface area contributed by atoms with Crippen molar-refractivity contribution in [2.24, 2.45) is 0 Å². The van der Waals surface area contributed by atoms with Gasteiger partial charge in [-0.25, -0.2) is 14.8 Å². The molecule has 0 spiro atoms. The van der Waals surface area contributed by atoms with E-state index in [4.69, 9.17) is 22.1 Å². The van der Waals surface area contributed by atoms with Gasteiger partial charge < -0.3 is 15.8 Å². The van der Waals surface area contributed by atoms with Gasteiger partial charge in [0.2, 0.25) is 0 Å². The van der Waals surface area contributed by atoms with Crippen LogP contribution in [-0.4, -0.2) is 22.6 Å². The summed E-state index contributed by atoms with van der Waals surface area (Å²) < 4.78 is 5.07. The Bertz CT molecular complexity index is 726. The van der Waals surface area contributed by atoms with E-state index in [1.807, 2.05) is 30.3 Å². The van der Waals surface area contributed by atoms with Gasteiger partial charge in [-0.3, -0.25) is 0 Å². The molecular formula is C16H15ClN4O2. The number of ether oxygens (including phenoxy) is 1. The Hall–Kier alpha value is -2.78. The summed E-state index contributed by atoms with van der Waals surface area (Å²) in [6.07, 6.45) is 1.33. The van der Waals surface area contributed by atoms with E-state index in [1.165, 1.54) is 6.20 Å². The normalized spacial score (nSPS) is 9.61. The van der Waals surface area contributed by atoms with E-state index in [0.29, 0.717) is 18.7 Å². The van der Waals surface area contributed by atoms with Crippen molar-refractivity contribution in [1.29, 1.82) is 0 Å². The molecule has 0 saturated heterocycles. The van der Waals surface area contributed by atoms with Crippen LogP contribution in [0.2, 0.25) is 5.15 Å². The second-order valence-corrected chi connectivity index (χ2v) is 4.83. The molecule has 1 aromatic heterocycles. The largest absolute Gasteiger partial charge is 0.445 e. The van der Waals surface area contributed by atoms with Crippen molar-refractivity contribution < 1.29 is 9.53 Å². The summed E-state index contributed by atoms with van der Waals surface area (Å²) >= 11 is 5.85. The fourth-order valence-corrected chi connectivity index (χ4v) is 1.80. The Morgan fingerprint density at radius 1 is 1.35 bits per heavy atom. The van der Waals surface area contributed by atoms with Crippen molar-refractivity contribution in [3.63, 3.8) is 0 Å². The second kappa shape index (κ2) is 8.61. The van der Waals surface area contributed by atoms with Crippen LogP contribution in [0, 0.1) is 11.8 Å². The van der Waals surface area contributed by atoms with E-state index >= 15 is 0 Å². The van der Waals surface area contributed by atoms with Crippen molar-refractivity contribution in [1.82, 2.24) is 15.3 Å². The number of nitrogen functional groups attached to an aromatic ring is 1. The number of carbonyl (C=O) groups excluding carboxylic acids is 1. The maximum atomic E-state index is 11.5. The van der Waals surface area contributed by atoms with Crippen LogP contribution >= 0.6 is 11.6 Å². The number of benzene rings is 1. The lowest BCUT2D eigenvalue weighted by Crippen LogP contribution is -2.24. The van der Waals surface area contributed by atoms with Crippen LogP contribution in [0.15, 0.2) is 36.5 Å². The number of hydrogen-bond donors (Lipinski definition) is 2. The first-order valence-corrected chi connectivity index (χ1v) is 7.24. The average molecular weight is 331 g/mol. The van der Waals surface area contributed by atoms with Gasteiger partial charge in [0, 0.05) is 13.0 Å². The SMILES string of the molecule is Nc1cnc(C#CCCNC(=O)OCc2ccccc2)c(Cl)n1. The number of halogens is 1. The molecule has 6 nitrogen and oxygen atoms in total. The molecule has 1 heterocycles. The molecule has 1 aromatic carbocycles. The van der Waals surface area contributed by atoms with E-state index in [9.17, 15) is 4.79 Å². The molecule has 1 amide bonds. The van der Waals surface area contributed by atoms with Gasteiger partial charge in [-0.2, -0.15) is 0 Å². The molecule has 118 valence electrons. The fraction of sp³-hybridized carbons (Fsp3) is 0.188. The molecular weight excluding hydrogens is 316 g/mol. The predicted octanol–water partition coefficient (Wildman–Crippen LogP) is 2.38. The second-order valence-electron chi connectivity index (χ2n) is 4.47. The molecule has 0 bridgehead atoms. The number of amides is 1. The number of hydrogen-bond acceptors (Lipinski definition) is 5. The summed E-state index contributed by atoms with van der Waals surface area (Å²) in [5, 5.41) is 2.77. The standard InChI is InChI=1S/C16H15ClN4O2/c17-15-13(20-10-14(18)21-15)8-4-5-9-19-16(22)23-11-12-6-2-1-3-7-12/h1-3,6-7,10H,5,9,11H2,(H2,18,21)(H,19,22). The first-order chi connectivity index (χ1) is 11.1. The van der Waals surface area contributed by atoms with Crippen molar-refractivity contribution in [2.45, 2.75) is 13.0 Å². The molecule has 0 aliphatic heterocycles. The Labute approximate surface area is 139 Å². The summed E-state index contributed by atoms with van der Waals surface area (Å²) in [6, 6.07) is 9.45. The molecule has 0 unspecified atom stereocenters. The molecule has 0 fully saturated rings. The van der Waals surface area contributed by atoms with Gasteiger partial charge in [0.1, 0.15) is 12.4 Å².